The maximum Gasteiger partial charge on any atom is 0.208 e. The predicted molar refractivity (Wildman–Crippen MR) is 59.3 cm³/mol. The van der Waals surface area contributed by atoms with Crippen LogP contribution in [0.2, 0.25) is 0 Å². The quantitative estimate of drug-likeness (QED) is 0.813. The fourth-order valence-corrected chi connectivity index (χ4v) is 1.51. The Kier molecular flexibility index (Phi) is 2.56. The first kappa shape index (κ1) is 9.93. The molecule has 0 aliphatic carbocycles. The maximum absolute atomic E-state index is 5.55. The Hall–Kier alpha value is -1.61. The number of hydrogen-bond acceptors (Lipinski definition) is 3. The van der Waals surface area contributed by atoms with Gasteiger partial charge >= 0.3 is 0 Å². The third-order valence-electron chi connectivity index (χ3n) is 2.33. The van der Waals surface area contributed by atoms with Crippen LogP contribution in [0.4, 0.5) is 0 Å². The van der Waals surface area contributed by atoms with Crippen LogP contribution in [-0.4, -0.2) is 4.98 Å². The lowest BCUT2D eigenvalue weighted by Crippen LogP contribution is -1.95. The van der Waals surface area contributed by atoms with Gasteiger partial charge in [-0.3, -0.25) is 0 Å². The van der Waals surface area contributed by atoms with Gasteiger partial charge in [-0.05, 0) is 13.8 Å². The summed E-state index contributed by atoms with van der Waals surface area (Å²) in [5, 5.41) is 0. The first-order valence-electron chi connectivity index (χ1n) is 4.94. The number of aromatic nitrogens is 1. The van der Waals surface area contributed by atoms with Gasteiger partial charge in [0.15, 0.2) is 5.76 Å². The minimum Gasteiger partial charge on any atom is -0.439 e. The number of aryl methyl sites for hydroxylation is 2. The summed E-state index contributed by atoms with van der Waals surface area (Å²) in [6, 6.07) is 8.17. The van der Waals surface area contributed by atoms with E-state index in [0.29, 0.717) is 12.4 Å². The molecule has 0 unspecified atom stereocenters. The SMILES string of the molecule is Cc1ccc(-c2oc(CN)nc2C)cc1. The highest BCUT2D eigenvalue weighted by molar-refractivity contribution is 5.59. The zero-order valence-electron chi connectivity index (χ0n) is 8.95. The van der Waals surface area contributed by atoms with Crippen LogP contribution >= 0.6 is 0 Å². The van der Waals surface area contributed by atoms with E-state index in [1.165, 1.54) is 5.56 Å². The number of rotatable bonds is 2. The molecule has 1 aromatic carbocycles. The van der Waals surface area contributed by atoms with E-state index in [9.17, 15) is 0 Å². The summed E-state index contributed by atoms with van der Waals surface area (Å²) in [6.07, 6.45) is 0. The lowest BCUT2D eigenvalue weighted by atomic mass is 10.1. The van der Waals surface area contributed by atoms with Crippen molar-refractivity contribution in [2.24, 2.45) is 5.73 Å². The van der Waals surface area contributed by atoms with Crippen LogP contribution in [-0.2, 0) is 6.54 Å². The van der Waals surface area contributed by atoms with Gasteiger partial charge in [0.05, 0.1) is 12.2 Å². The van der Waals surface area contributed by atoms with Crippen molar-refractivity contribution in [3.63, 3.8) is 0 Å². The van der Waals surface area contributed by atoms with Crippen LogP contribution in [0, 0.1) is 13.8 Å². The third-order valence-corrected chi connectivity index (χ3v) is 2.33. The van der Waals surface area contributed by atoms with Crippen molar-refractivity contribution in [3.8, 4) is 11.3 Å². The number of nitrogens with zero attached hydrogens (tertiary/aromatic N) is 1. The van der Waals surface area contributed by atoms with Crippen molar-refractivity contribution in [1.82, 2.24) is 4.98 Å². The van der Waals surface area contributed by atoms with Gasteiger partial charge < -0.3 is 10.2 Å². The minimum atomic E-state index is 0.340. The summed E-state index contributed by atoms with van der Waals surface area (Å²) >= 11 is 0. The van der Waals surface area contributed by atoms with Crippen LogP contribution in [0.25, 0.3) is 11.3 Å². The molecule has 0 aliphatic heterocycles. The highest BCUT2D eigenvalue weighted by Gasteiger charge is 2.09. The van der Waals surface area contributed by atoms with E-state index in [1.807, 2.05) is 19.1 Å². The fraction of sp³-hybridized carbons (Fsp3) is 0.250. The zero-order valence-corrected chi connectivity index (χ0v) is 8.95. The summed E-state index contributed by atoms with van der Waals surface area (Å²) in [6.45, 7) is 4.33. The van der Waals surface area contributed by atoms with Crippen LogP contribution in [0.5, 0.6) is 0 Å². The molecule has 2 rings (SSSR count). The lowest BCUT2D eigenvalue weighted by molar-refractivity contribution is 0.509. The van der Waals surface area contributed by atoms with Crippen molar-refractivity contribution < 1.29 is 4.42 Å². The second kappa shape index (κ2) is 3.87. The molecule has 0 saturated heterocycles. The van der Waals surface area contributed by atoms with Crippen molar-refractivity contribution >= 4 is 0 Å². The van der Waals surface area contributed by atoms with Crippen LogP contribution in [0.1, 0.15) is 17.1 Å². The van der Waals surface area contributed by atoms with E-state index in [0.717, 1.165) is 17.0 Å². The van der Waals surface area contributed by atoms with Crippen molar-refractivity contribution in [2.45, 2.75) is 20.4 Å². The minimum absolute atomic E-state index is 0.340. The number of oxazole rings is 1. The first-order chi connectivity index (χ1) is 7.20. The molecular weight excluding hydrogens is 188 g/mol. The highest BCUT2D eigenvalue weighted by atomic mass is 16.4. The Bertz CT molecular complexity index is 457. The Morgan fingerprint density at radius 1 is 1.20 bits per heavy atom. The molecule has 1 aromatic heterocycles. The van der Waals surface area contributed by atoms with Crippen LogP contribution in [0.15, 0.2) is 28.7 Å². The van der Waals surface area contributed by atoms with Crippen LogP contribution < -0.4 is 5.73 Å². The number of benzene rings is 1. The predicted octanol–water partition coefficient (Wildman–Crippen LogP) is 2.42. The Balaban J connectivity index is 2.44. The molecule has 0 fully saturated rings. The molecule has 0 aliphatic rings. The average molecular weight is 202 g/mol. The van der Waals surface area contributed by atoms with E-state index < -0.39 is 0 Å². The van der Waals surface area contributed by atoms with E-state index >= 15 is 0 Å². The second-order valence-corrected chi connectivity index (χ2v) is 3.59. The maximum atomic E-state index is 5.55. The lowest BCUT2D eigenvalue weighted by Gasteiger charge is -1.98. The van der Waals surface area contributed by atoms with Gasteiger partial charge in [0.25, 0.3) is 0 Å². The first-order valence-corrected chi connectivity index (χ1v) is 4.94. The molecule has 2 N–H and O–H groups in total. The summed E-state index contributed by atoms with van der Waals surface area (Å²) in [7, 11) is 0. The number of nitrogens with two attached hydrogens (primary N) is 1. The molecule has 78 valence electrons. The molecule has 1 heterocycles. The van der Waals surface area contributed by atoms with E-state index in [2.05, 4.69) is 24.0 Å². The molecule has 15 heavy (non-hydrogen) atoms. The smallest absolute Gasteiger partial charge is 0.208 e. The fourth-order valence-electron chi connectivity index (χ4n) is 1.51. The highest BCUT2D eigenvalue weighted by Crippen LogP contribution is 2.24. The molecule has 0 atom stereocenters. The van der Waals surface area contributed by atoms with Crippen molar-refractivity contribution in [3.05, 3.63) is 41.4 Å². The molecule has 0 amide bonds. The molecule has 3 nitrogen and oxygen atoms in total. The standard InChI is InChI=1S/C12H14N2O/c1-8-3-5-10(6-4-8)12-9(2)14-11(7-13)15-12/h3-6H,7,13H2,1-2H3. The summed E-state index contributed by atoms with van der Waals surface area (Å²) < 4.78 is 5.55. The number of hydrogen-bond donors (Lipinski definition) is 1. The summed E-state index contributed by atoms with van der Waals surface area (Å²) in [5.74, 6) is 1.40. The van der Waals surface area contributed by atoms with Gasteiger partial charge in [-0.1, -0.05) is 29.8 Å². The Morgan fingerprint density at radius 2 is 1.87 bits per heavy atom. The molecule has 0 saturated carbocycles. The summed E-state index contributed by atoms with van der Waals surface area (Å²) in [4.78, 5) is 4.24. The van der Waals surface area contributed by atoms with E-state index in [-0.39, 0.29) is 0 Å². The third kappa shape index (κ3) is 1.92. The largest absolute Gasteiger partial charge is 0.439 e. The van der Waals surface area contributed by atoms with Gasteiger partial charge in [-0.25, -0.2) is 4.98 Å². The average Bonchev–Trinajstić information content (AvgIpc) is 2.61. The molecule has 0 spiro atoms. The van der Waals surface area contributed by atoms with Gasteiger partial charge in [-0.2, -0.15) is 0 Å². The van der Waals surface area contributed by atoms with Crippen molar-refractivity contribution in [2.75, 3.05) is 0 Å². The zero-order chi connectivity index (χ0) is 10.8. The van der Waals surface area contributed by atoms with Crippen molar-refractivity contribution in [1.29, 1.82) is 0 Å². The second-order valence-electron chi connectivity index (χ2n) is 3.59. The molecule has 3 heteroatoms. The Morgan fingerprint density at radius 3 is 2.40 bits per heavy atom. The van der Waals surface area contributed by atoms with Crippen LogP contribution in [0.3, 0.4) is 0 Å². The topological polar surface area (TPSA) is 52.0 Å². The molecule has 2 aromatic rings. The molecular formula is C12H14N2O. The van der Waals surface area contributed by atoms with Gasteiger partial charge in [-0.15, -0.1) is 0 Å². The van der Waals surface area contributed by atoms with Gasteiger partial charge in [0.1, 0.15) is 0 Å². The summed E-state index contributed by atoms with van der Waals surface area (Å²) in [5.41, 5.74) is 8.64. The monoisotopic (exact) mass is 202 g/mol. The Labute approximate surface area is 88.9 Å². The van der Waals surface area contributed by atoms with E-state index in [1.54, 1.807) is 0 Å². The van der Waals surface area contributed by atoms with E-state index in [4.69, 9.17) is 10.2 Å². The van der Waals surface area contributed by atoms with Gasteiger partial charge in [0, 0.05) is 5.56 Å². The van der Waals surface area contributed by atoms with Gasteiger partial charge in [0.2, 0.25) is 5.89 Å². The molecule has 0 radical (unpaired) electrons. The normalized spacial score (nSPS) is 10.6. The molecule has 0 bridgehead atoms.